The highest BCUT2D eigenvalue weighted by Crippen LogP contribution is 2.34. The zero-order valence-corrected chi connectivity index (χ0v) is 10.1. The van der Waals surface area contributed by atoms with E-state index >= 15 is 0 Å². The fourth-order valence-corrected chi connectivity index (χ4v) is 1.80. The van der Waals surface area contributed by atoms with Crippen LogP contribution < -0.4 is 0 Å². The van der Waals surface area contributed by atoms with Crippen LogP contribution in [-0.2, 0) is 0 Å². The molecule has 2 aromatic rings. The molecule has 2 rings (SSSR count). The number of rotatable bonds is 2. The molecule has 1 aromatic carbocycles. The largest absolute Gasteiger partial charge is 0.296 e. The Morgan fingerprint density at radius 3 is 1.85 bits per heavy atom. The lowest BCUT2D eigenvalue weighted by Gasteiger charge is -2.09. The summed E-state index contributed by atoms with van der Waals surface area (Å²) in [6.07, 6.45) is 0.314. The Bertz CT molecular complexity index is 690. The third-order valence-corrected chi connectivity index (χ3v) is 2.76. The molecule has 104 valence electrons. The van der Waals surface area contributed by atoms with Gasteiger partial charge < -0.3 is 0 Å². The monoisotopic (exact) mass is 307 g/mol. The Labute approximate surface area is 113 Å². The average molecular weight is 308 g/mol. The van der Waals surface area contributed by atoms with E-state index in [0.29, 0.717) is 6.29 Å². The summed E-state index contributed by atoms with van der Waals surface area (Å²) < 4.78 is 66.2. The number of pyridine rings is 1. The first-order valence-electron chi connectivity index (χ1n) is 5.02. The van der Waals surface area contributed by atoms with Crippen LogP contribution in [0.25, 0.3) is 11.1 Å². The first kappa shape index (κ1) is 14.4. The van der Waals surface area contributed by atoms with Gasteiger partial charge in [0.25, 0.3) is 0 Å². The van der Waals surface area contributed by atoms with Crippen molar-refractivity contribution in [3.05, 3.63) is 52.1 Å². The van der Waals surface area contributed by atoms with Crippen molar-refractivity contribution in [2.45, 2.75) is 0 Å². The normalized spacial score (nSPS) is 10.7. The molecule has 0 atom stereocenters. The van der Waals surface area contributed by atoms with Gasteiger partial charge in [-0.1, -0.05) is 11.6 Å². The van der Waals surface area contributed by atoms with Gasteiger partial charge in [-0.25, -0.2) is 26.9 Å². The Kier molecular flexibility index (Phi) is 3.71. The Morgan fingerprint density at radius 1 is 0.900 bits per heavy atom. The van der Waals surface area contributed by atoms with Crippen LogP contribution in [0, 0.1) is 29.1 Å². The first-order valence-corrected chi connectivity index (χ1v) is 5.39. The van der Waals surface area contributed by atoms with E-state index in [2.05, 4.69) is 4.98 Å². The van der Waals surface area contributed by atoms with Crippen LogP contribution in [-0.4, -0.2) is 11.3 Å². The summed E-state index contributed by atoms with van der Waals surface area (Å²) >= 11 is 5.59. The molecule has 2 nitrogen and oxygen atoms in total. The molecule has 0 aliphatic heterocycles. The molecule has 0 unspecified atom stereocenters. The molecule has 0 N–H and O–H groups in total. The zero-order chi connectivity index (χ0) is 15.0. The van der Waals surface area contributed by atoms with Crippen molar-refractivity contribution in [3.8, 4) is 11.1 Å². The molecule has 0 saturated carbocycles. The molecule has 1 aromatic heterocycles. The second-order valence-corrected chi connectivity index (χ2v) is 4.00. The maximum atomic E-state index is 13.6. The van der Waals surface area contributed by atoms with Gasteiger partial charge in [-0.15, -0.1) is 0 Å². The molecule has 0 spiro atoms. The molecule has 1 heterocycles. The number of carbonyl (C=O) groups excluding carboxylic acids is 1. The minimum atomic E-state index is -2.27. The Morgan fingerprint density at radius 2 is 1.40 bits per heavy atom. The molecule has 0 saturated heterocycles. The second kappa shape index (κ2) is 5.16. The Hall–Kier alpha value is -2.02. The third kappa shape index (κ3) is 2.14. The van der Waals surface area contributed by atoms with E-state index in [1.54, 1.807) is 0 Å². The van der Waals surface area contributed by atoms with Crippen LogP contribution in [0.15, 0.2) is 12.1 Å². The molecule has 0 aliphatic carbocycles. The number of hydrogen-bond donors (Lipinski definition) is 0. The number of halogens is 6. The van der Waals surface area contributed by atoms with Gasteiger partial charge in [-0.2, -0.15) is 0 Å². The number of benzene rings is 1. The van der Waals surface area contributed by atoms with Crippen molar-refractivity contribution < 1.29 is 26.7 Å². The molecule has 0 amide bonds. The standard InChI is InChI=1S/C12H3ClF5NO/c13-12-5(2-1-4(3-20)19-12)6-7(14)9(16)11(18)10(17)8(6)15/h1-3H. The highest BCUT2D eigenvalue weighted by Gasteiger charge is 2.27. The topological polar surface area (TPSA) is 30.0 Å². The minimum Gasteiger partial charge on any atom is -0.296 e. The van der Waals surface area contributed by atoms with Gasteiger partial charge >= 0.3 is 0 Å². The lowest BCUT2D eigenvalue weighted by Crippen LogP contribution is -2.05. The summed E-state index contributed by atoms with van der Waals surface area (Å²) in [5.74, 6) is -10.5. The molecule has 8 heteroatoms. The maximum Gasteiger partial charge on any atom is 0.200 e. The van der Waals surface area contributed by atoms with Crippen molar-refractivity contribution in [3.63, 3.8) is 0 Å². The molecular weight excluding hydrogens is 305 g/mol. The van der Waals surface area contributed by atoms with Crippen molar-refractivity contribution in [1.29, 1.82) is 0 Å². The number of nitrogens with zero attached hydrogens (tertiary/aromatic N) is 1. The summed E-state index contributed by atoms with van der Waals surface area (Å²) in [5, 5.41) is -0.558. The average Bonchev–Trinajstić information content (AvgIpc) is 2.44. The van der Waals surface area contributed by atoms with Crippen LogP contribution in [0.1, 0.15) is 10.5 Å². The third-order valence-electron chi connectivity index (χ3n) is 2.47. The van der Waals surface area contributed by atoms with Crippen molar-refractivity contribution in [1.82, 2.24) is 4.98 Å². The molecule has 0 radical (unpaired) electrons. The van der Waals surface area contributed by atoms with Crippen molar-refractivity contribution in [2.75, 3.05) is 0 Å². The van der Waals surface area contributed by atoms with Gasteiger partial charge in [0.1, 0.15) is 10.8 Å². The van der Waals surface area contributed by atoms with Gasteiger partial charge in [0.05, 0.1) is 5.56 Å². The number of carbonyl (C=O) groups is 1. The lowest BCUT2D eigenvalue weighted by molar-refractivity contribution is 0.111. The smallest absolute Gasteiger partial charge is 0.200 e. The Balaban J connectivity index is 2.80. The SMILES string of the molecule is O=Cc1ccc(-c2c(F)c(F)c(F)c(F)c2F)c(Cl)n1. The van der Waals surface area contributed by atoms with Crippen LogP contribution in [0.4, 0.5) is 22.0 Å². The highest BCUT2D eigenvalue weighted by atomic mass is 35.5. The van der Waals surface area contributed by atoms with E-state index in [-0.39, 0.29) is 5.69 Å². The van der Waals surface area contributed by atoms with Gasteiger partial charge in [-0.05, 0) is 12.1 Å². The van der Waals surface area contributed by atoms with Gasteiger partial charge in [0.2, 0.25) is 5.82 Å². The fourth-order valence-electron chi connectivity index (χ4n) is 1.54. The molecule has 0 bridgehead atoms. The summed E-state index contributed by atoms with van der Waals surface area (Å²) in [5.41, 5.74) is -1.86. The minimum absolute atomic E-state index is 0.150. The zero-order valence-electron chi connectivity index (χ0n) is 9.36. The number of aromatic nitrogens is 1. The van der Waals surface area contributed by atoms with Crippen molar-refractivity contribution in [2.24, 2.45) is 0 Å². The van der Waals surface area contributed by atoms with Gasteiger partial charge in [0, 0.05) is 5.56 Å². The van der Waals surface area contributed by atoms with Gasteiger partial charge in [-0.3, -0.25) is 4.79 Å². The highest BCUT2D eigenvalue weighted by molar-refractivity contribution is 6.32. The molecule has 20 heavy (non-hydrogen) atoms. The van der Waals surface area contributed by atoms with Gasteiger partial charge in [0.15, 0.2) is 29.6 Å². The predicted octanol–water partition coefficient (Wildman–Crippen LogP) is 3.91. The van der Waals surface area contributed by atoms with E-state index in [0.717, 1.165) is 12.1 Å². The number of hydrogen-bond acceptors (Lipinski definition) is 2. The van der Waals surface area contributed by atoms with Crippen LogP contribution in [0.2, 0.25) is 5.15 Å². The van der Waals surface area contributed by atoms with Crippen molar-refractivity contribution >= 4 is 17.9 Å². The summed E-state index contributed by atoms with van der Waals surface area (Å²) in [6.45, 7) is 0. The fraction of sp³-hybridized carbons (Fsp3) is 0. The first-order chi connectivity index (χ1) is 9.38. The van der Waals surface area contributed by atoms with E-state index in [1.165, 1.54) is 0 Å². The van der Waals surface area contributed by atoms with E-state index in [1.807, 2.05) is 0 Å². The summed E-state index contributed by atoms with van der Waals surface area (Å²) in [4.78, 5) is 13.9. The van der Waals surface area contributed by atoms with Crippen LogP contribution in [0.3, 0.4) is 0 Å². The van der Waals surface area contributed by atoms with Crippen LogP contribution >= 0.6 is 11.6 Å². The van der Waals surface area contributed by atoms with E-state index in [4.69, 9.17) is 11.6 Å². The second-order valence-electron chi connectivity index (χ2n) is 3.64. The number of aldehydes is 1. The lowest BCUT2D eigenvalue weighted by atomic mass is 10.0. The predicted molar refractivity (Wildman–Crippen MR) is 59.9 cm³/mol. The molecule has 0 aliphatic rings. The quantitative estimate of drug-likeness (QED) is 0.277. The summed E-state index contributed by atoms with van der Waals surface area (Å²) in [7, 11) is 0. The van der Waals surface area contributed by atoms with E-state index < -0.39 is 45.4 Å². The molecular formula is C12H3ClF5NO. The maximum absolute atomic E-state index is 13.6. The molecule has 0 fully saturated rings. The van der Waals surface area contributed by atoms with Crippen LogP contribution in [0.5, 0.6) is 0 Å². The van der Waals surface area contributed by atoms with E-state index in [9.17, 15) is 26.7 Å². The summed E-state index contributed by atoms with van der Waals surface area (Å²) in [6, 6.07) is 1.98.